The summed E-state index contributed by atoms with van der Waals surface area (Å²) in [7, 11) is 0. The molecule has 0 amide bonds. The Hall–Kier alpha value is -0.120. The zero-order chi connectivity index (χ0) is 13.6. The Bertz CT molecular complexity index is 231. The Morgan fingerprint density at radius 2 is 1.94 bits per heavy atom. The minimum absolute atomic E-state index is 0.0338. The molecule has 1 aliphatic heterocycles. The van der Waals surface area contributed by atoms with Crippen LogP contribution in [0.4, 0.5) is 0 Å². The third kappa shape index (κ3) is 5.25. The van der Waals surface area contributed by atoms with Crippen molar-refractivity contribution in [3.05, 3.63) is 0 Å². The molecule has 3 heteroatoms. The van der Waals surface area contributed by atoms with Crippen LogP contribution < -0.4 is 5.32 Å². The van der Waals surface area contributed by atoms with Gasteiger partial charge in [-0.1, -0.05) is 13.8 Å². The molecule has 3 nitrogen and oxygen atoms in total. The van der Waals surface area contributed by atoms with E-state index in [2.05, 4.69) is 39.9 Å². The molecule has 0 aliphatic carbocycles. The van der Waals surface area contributed by atoms with Gasteiger partial charge in [0.05, 0.1) is 17.8 Å². The number of ether oxygens (including phenoxy) is 2. The first kappa shape index (κ1) is 15.9. The molecule has 1 aliphatic rings. The minimum Gasteiger partial charge on any atom is -0.375 e. The van der Waals surface area contributed by atoms with Crippen molar-refractivity contribution in [3.8, 4) is 0 Å². The monoisotopic (exact) mass is 257 g/mol. The minimum atomic E-state index is -0.0338. The van der Waals surface area contributed by atoms with Gasteiger partial charge in [-0.25, -0.2) is 0 Å². The predicted molar refractivity (Wildman–Crippen MR) is 76.0 cm³/mol. The van der Waals surface area contributed by atoms with Gasteiger partial charge in [-0.15, -0.1) is 0 Å². The van der Waals surface area contributed by atoms with Crippen molar-refractivity contribution in [1.29, 1.82) is 0 Å². The first-order valence-electron chi connectivity index (χ1n) is 7.42. The van der Waals surface area contributed by atoms with E-state index in [9.17, 15) is 0 Å². The highest BCUT2D eigenvalue weighted by atomic mass is 16.5. The van der Waals surface area contributed by atoms with Gasteiger partial charge in [-0.3, -0.25) is 0 Å². The van der Waals surface area contributed by atoms with Gasteiger partial charge >= 0.3 is 0 Å². The van der Waals surface area contributed by atoms with Gasteiger partial charge in [0.15, 0.2) is 0 Å². The third-order valence-corrected chi connectivity index (χ3v) is 3.85. The van der Waals surface area contributed by atoms with Gasteiger partial charge in [-0.05, 0) is 46.5 Å². The van der Waals surface area contributed by atoms with Gasteiger partial charge in [-0.2, -0.15) is 0 Å². The normalized spacial score (nSPS) is 24.2. The van der Waals surface area contributed by atoms with E-state index >= 15 is 0 Å². The molecule has 1 fully saturated rings. The molecule has 1 N–H and O–H groups in total. The van der Waals surface area contributed by atoms with Gasteiger partial charge in [0, 0.05) is 19.2 Å². The maximum Gasteiger partial charge on any atom is 0.0692 e. The van der Waals surface area contributed by atoms with Crippen molar-refractivity contribution in [1.82, 2.24) is 5.32 Å². The SMILES string of the molecule is CCC1(CC)CC(NCCOC(C)(C)C)CCO1. The summed E-state index contributed by atoms with van der Waals surface area (Å²) in [5.74, 6) is 0. The van der Waals surface area contributed by atoms with Crippen molar-refractivity contribution in [2.24, 2.45) is 0 Å². The standard InChI is InChI=1S/C15H31NO2/c1-6-15(7-2)12-13(8-10-18-15)16-9-11-17-14(3,4)5/h13,16H,6-12H2,1-5H3. The Kier molecular flexibility index (Phi) is 6.09. The van der Waals surface area contributed by atoms with Crippen LogP contribution in [0.5, 0.6) is 0 Å². The van der Waals surface area contributed by atoms with Crippen molar-refractivity contribution >= 4 is 0 Å². The summed E-state index contributed by atoms with van der Waals surface area (Å²) in [4.78, 5) is 0. The highest BCUT2D eigenvalue weighted by Crippen LogP contribution is 2.31. The highest BCUT2D eigenvalue weighted by Gasteiger charge is 2.34. The molecule has 1 rings (SSSR count). The molecule has 18 heavy (non-hydrogen) atoms. The van der Waals surface area contributed by atoms with Gasteiger partial charge < -0.3 is 14.8 Å². The number of nitrogens with one attached hydrogen (secondary N) is 1. The van der Waals surface area contributed by atoms with E-state index in [4.69, 9.17) is 9.47 Å². The zero-order valence-electron chi connectivity index (χ0n) is 12.8. The fraction of sp³-hybridized carbons (Fsp3) is 1.00. The molecule has 1 heterocycles. The molecule has 108 valence electrons. The average molecular weight is 257 g/mol. The second kappa shape index (κ2) is 6.88. The van der Waals surface area contributed by atoms with E-state index in [-0.39, 0.29) is 11.2 Å². The lowest BCUT2D eigenvalue weighted by Gasteiger charge is -2.40. The number of hydrogen-bond donors (Lipinski definition) is 1. The van der Waals surface area contributed by atoms with Crippen LogP contribution in [0.15, 0.2) is 0 Å². The van der Waals surface area contributed by atoms with Crippen LogP contribution in [0.2, 0.25) is 0 Å². The number of rotatable bonds is 6. The summed E-state index contributed by atoms with van der Waals surface area (Å²) in [5, 5.41) is 3.61. The molecule has 1 saturated heterocycles. The van der Waals surface area contributed by atoms with Crippen LogP contribution in [0.1, 0.15) is 60.3 Å². The lowest BCUT2D eigenvalue weighted by molar-refractivity contribution is -0.0941. The van der Waals surface area contributed by atoms with Crippen molar-refractivity contribution in [2.45, 2.75) is 77.5 Å². The molecule has 0 aromatic rings. The van der Waals surface area contributed by atoms with Crippen LogP contribution in [0.25, 0.3) is 0 Å². The van der Waals surface area contributed by atoms with Crippen LogP contribution in [-0.4, -0.2) is 37.0 Å². The molecule has 0 aromatic carbocycles. The second-order valence-corrected chi connectivity index (χ2v) is 6.34. The summed E-state index contributed by atoms with van der Waals surface area (Å²) in [6, 6.07) is 0.585. The van der Waals surface area contributed by atoms with E-state index in [1.807, 2.05) is 0 Å². The molecule has 1 atom stereocenters. The molecule has 0 radical (unpaired) electrons. The van der Waals surface area contributed by atoms with Gasteiger partial charge in [0.25, 0.3) is 0 Å². The molecular formula is C15H31NO2. The Balaban J connectivity index is 2.26. The summed E-state index contributed by atoms with van der Waals surface area (Å²) < 4.78 is 11.7. The quantitative estimate of drug-likeness (QED) is 0.742. The second-order valence-electron chi connectivity index (χ2n) is 6.34. The lowest BCUT2D eigenvalue weighted by Crippen LogP contribution is -2.47. The van der Waals surface area contributed by atoms with E-state index in [1.54, 1.807) is 0 Å². The number of hydrogen-bond acceptors (Lipinski definition) is 3. The van der Waals surface area contributed by atoms with Crippen molar-refractivity contribution in [2.75, 3.05) is 19.8 Å². The van der Waals surface area contributed by atoms with Crippen LogP contribution in [0.3, 0.4) is 0 Å². The maximum absolute atomic E-state index is 5.98. The summed E-state index contributed by atoms with van der Waals surface area (Å²) >= 11 is 0. The van der Waals surface area contributed by atoms with E-state index in [0.717, 1.165) is 45.4 Å². The lowest BCUT2D eigenvalue weighted by atomic mass is 9.86. The first-order chi connectivity index (χ1) is 8.41. The summed E-state index contributed by atoms with van der Waals surface area (Å²) in [6.45, 7) is 13.4. The van der Waals surface area contributed by atoms with E-state index in [0.29, 0.717) is 6.04 Å². The van der Waals surface area contributed by atoms with Crippen LogP contribution in [0, 0.1) is 0 Å². The molecule has 0 spiro atoms. The fourth-order valence-corrected chi connectivity index (χ4v) is 2.57. The smallest absolute Gasteiger partial charge is 0.0692 e. The Morgan fingerprint density at radius 1 is 1.28 bits per heavy atom. The molecule has 0 saturated carbocycles. The molecule has 0 bridgehead atoms. The molecule has 1 unspecified atom stereocenters. The fourth-order valence-electron chi connectivity index (χ4n) is 2.57. The Morgan fingerprint density at radius 3 is 2.50 bits per heavy atom. The topological polar surface area (TPSA) is 30.5 Å². The maximum atomic E-state index is 5.98. The van der Waals surface area contributed by atoms with Crippen LogP contribution >= 0.6 is 0 Å². The third-order valence-electron chi connectivity index (χ3n) is 3.85. The van der Waals surface area contributed by atoms with Gasteiger partial charge in [0.2, 0.25) is 0 Å². The first-order valence-corrected chi connectivity index (χ1v) is 7.42. The average Bonchev–Trinajstić information content (AvgIpc) is 2.34. The van der Waals surface area contributed by atoms with E-state index in [1.165, 1.54) is 0 Å². The van der Waals surface area contributed by atoms with Crippen molar-refractivity contribution < 1.29 is 9.47 Å². The largest absolute Gasteiger partial charge is 0.375 e. The predicted octanol–water partition coefficient (Wildman–Crippen LogP) is 3.13. The summed E-state index contributed by atoms with van der Waals surface area (Å²) in [6.07, 6.45) is 4.48. The summed E-state index contributed by atoms with van der Waals surface area (Å²) in [5.41, 5.74) is 0.0781. The zero-order valence-corrected chi connectivity index (χ0v) is 12.8. The van der Waals surface area contributed by atoms with Crippen LogP contribution in [-0.2, 0) is 9.47 Å². The van der Waals surface area contributed by atoms with E-state index < -0.39 is 0 Å². The van der Waals surface area contributed by atoms with Gasteiger partial charge in [0.1, 0.15) is 0 Å². The van der Waals surface area contributed by atoms with Crippen molar-refractivity contribution in [3.63, 3.8) is 0 Å². The Labute approximate surface area is 113 Å². The molecular weight excluding hydrogens is 226 g/mol. The highest BCUT2D eigenvalue weighted by molar-refractivity contribution is 4.88. The molecule has 0 aromatic heterocycles.